The van der Waals surface area contributed by atoms with Crippen LogP contribution in [0.5, 0.6) is 11.5 Å². The second-order valence-electron chi connectivity index (χ2n) is 10.5. The summed E-state index contributed by atoms with van der Waals surface area (Å²) in [5.74, 6) is 0.723. The molecule has 0 fully saturated rings. The Bertz CT molecular complexity index is 1370. The number of aromatic hydroxyl groups is 1. The fourth-order valence-electron chi connectivity index (χ4n) is 4.34. The first-order valence-electron chi connectivity index (χ1n) is 14.6. The molecule has 0 spiro atoms. The predicted molar refractivity (Wildman–Crippen MR) is 170 cm³/mol. The number of carbonyl (C=O) groups is 1. The van der Waals surface area contributed by atoms with E-state index in [9.17, 15) is 23.4 Å². The average Bonchev–Trinajstić information content (AvgIpc) is 3.01. The van der Waals surface area contributed by atoms with Crippen molar-refractivity contribution in [1.82, 2.24) is 10.2 Å². The topological polar surface area (TPSA) is 131 Å². The highest BCUT2D eigenvalue weighted by molar-refractivity contribution is 7.92. The first-order chi connectivity index (χ1) is 20.6. The van der Waals surface area contributed by atoms with Crippen LogP contribution in [-0.4, -0.2) is 76.0 Å². The molecule has 0 bridgehead atoms. The van der Waals surface area contributed by atoms with Gasteiger partial charge >= 0.3 is 6.03 Å². The number of carbonyl (C=O) groups excluding carboxylic acids is 1. The first kappa shape index (κ1) is 33.7. The van der Waals surface area contributed by atoms with Crippen LogP contribution in [0.2, 0.25) is 0 Å². The summed E-state index contributed by atoms with van der Waals surface area (Å²) in [6.45, 7) is 3.93. The summed E-state index contributed by atoms with van der Waals surface area (Å²) in [5.41, 5.74) is 2.07. The van der Waals surface area contributed by atoms with E-state index in [1.807, 2.05) is 12.1 Å². The van der Waals surface area contributed by atoms with Crippen molar-refractivity contribution < 1.29 is 28.2 Å². The summed E-state index contributed by atoms with van der Waals surface area (Å²) in [6, 6.07) is 19.5. The molecule has 3 rings (SSSR count). The Labute approximate surface area is 255 Å². The van der Waals surface area contributed by atoms with Crippen LogP contribution in [0.4, 0.5) is 16.2 Å². The molecule has 0 radical (unpaired) electrons. The standard InChI is InChI=1S/C32H44N4O6S/c1-4-5-6-7-22-35(2)32(39)36(3)27-12-18-31(19-13-27)43(40,41)34-26-10-8-25(9-11-26)20-21-33-23-29(38)24-42-30-16-14-28(37)15-17-30/h8-19,29,33-34,37-38H,4-7,20-24H2,1-3H3/t29-/m0/s1. The monoisotopic (exact) mass is 612 g/mol. The molecule has 3 aromatic rings. The molecule has 0 aliphatic heterocycles. The van der Waals surface area contributed by atoms with Crippen molar-refractivity contribution in [3.05, 3.63) is 78.4 Å². The smallest absolute Gasteiger partial charge is 0.323 e. The van der Waals surface area contributed by atoms with Gasteiger partial charge in [0.25, 0.3) is 10.0 Å². The number of aliphatic hydroxyl groups excluding tert-OH is 1. The summed E-state index contributed by atoms with van der Waals surface area (Å²) in [4.78, 5) is 16.1. The van der Waals surface area contributed by atoms with E-state index in [2.05, 4.69) is 17.0 Å². The van der Waals surface area contributed by atoms with Crippen molar-refractivity contribution >= 4 is 27.4 Å². The molecule has 0 saturated carbocycles. The third-order valence-corrected chi connectivity index (χ3v) is 8.35. The third-order valence-electron chi connectivity index (χ3n) is 6.95. The van der Waals surface area contributed by atoms with E-state index >= 15 is 0 Å². The lowest BCUT2D eigenvalue weighted by Crippen LogP contribution is -2.39. The summed E-state index contributed by atoms with van der Waals surface area (Å²) in [5, 5.41) is 22.6. The average molecular weight is 613 g/mol. The number of hydrogen-bond donors (Lipinski definition) is 4. The summed E-state index contributed by atoms with van der Waals surface area (Å²) >= 11 is 0. The van der Waals surface area contributed by atoms with E-state index < -0.39 is 16.1 Å². The molecule has 4 N–H and O–H groups in total. The van der Waals surface area contributed by atoms with E-state index in [1.165, 1.54) is 29.2 Å². The van der Waals surface area contributed by atoms with Gasteiger partial charge in [0.2, 0.25) is 0 Å². The molecule has 0 saturated heterocycles. The van der Waals surface area contributed by atoms with Crippen LogP contribution >= 0.6 is 0 Å². The van der Waals surface area contributed by atoms with Gasteiger partial charge in [0.05, 0.1) is 4.90 Å². The largest absolute Gasteiger partial charge is 0.508 e. The Morgan fingerprint density at radius 1 is 0.930 bits per heavy atom. The van der Waals surface area contributed by atoms with Gasteiger partial charge < -0.3 is 25.2 Å². The molecule has 0 unspecified atom stereocenters. The highest BCUT2D eigenvalue weighted by atomic mass is 32.2. The number of benzene rings is 3. The zero-order valence-electron chi connectivity index (χ0n) is 25.2. The van der Waals surface area contributed by atoms with Crippen LogP contribution < -0.4 is 19.7 Å². The molecule has 0 heterocycles. The van der Waals surface area contributed by atoms with Gasteiger partial charge in [-0.15, -0.1) is 0 Å². The lowest BCUT2D eigenvalue weighted by molar-refractivity contribution is 0.106. The van der Waals surface area contributed by atoms with Gasteiger partial charge in [-0.3, -0.25) is 9.62 Å². The molecular weight excluding hydrogens is 568 g/mol. The Balaban J connectivity index is 1.42. The molecule has 0 aromatic heterocycles. The number of nitrogens with zero attached hydrogens (tertiary/aromatic N) is 2. The molecular formula is C32H44N4O6S. The van der Waals surface area contributed by atoms with Crippen molar-refractivity contribution in [2.45, 2.75) is 50.0 Å². The van der Waals surface area contributed by atoms with Crippen molar-refractivity contribution in [3.8, 4) is 11.5 Å². The Morgan fingerprint density at radius 2 is 1.60 bits per heavy atom. The van der Waals surface area contributed by atoms with Gasteiger partial charge in [0, 0.05) is 38.6 Å². The minimum Gasteiger partial charge on any atom is -0.508 e. The van der Waals surface area contributed by atoms with Gasteiger partial charge in [0.1, 0.15) is 24.2 Å². The van der Waals surface area contributed by atoms with E-state index in [0.29, 0.717) is 43.2 Å². The number of phenols is 1. The van der Waals surface area contributed by atoms with Crippen molar-refractivity contribution in [3.63, 3.8) is 0 Å². The first-order valence-corrected chi connectivity index (χ1v) is 16.1. The molecule has 234 valence electrons. The van der Waals surface area contributed by atoms with Gasteiger partial charge in [-0.1, -0.05) is 38.3 Å². The van der Waals surface area contributed by atoms with E-state index in [-0.39, 0.29) is 23.3 Å². The number of anilines is 2. The highest BCUT2D eigenvalue weighted by Gasteiger charge is 2.18. The van der Waals surface area contributed by atoms with Crippen molar-refractivity contribution in [2.75, 3.05) is 50.0 Å². The number of rotatable bonds is 17. The van der Waals surface area contributed by atoms with E-state index in [4.69, 9.17) is 4.74 Å². The summed E-state index contributed by atoms with van der Waals surface area (Å²) in [6.07, 6.45) is 4.33. The van der Waals surface area contributed by atoms with E-state index in [1.54, 1.807) is 55.4 Å². The number of urea groups is 1. The SMILES string of the molecule is CCCCCCN(C)C(=O)N(C)c1ccc(S(=O)(=O)Nc2ccc(CCNC[C@H](O)COc3ccc(O)cc3)cc2)cc1. The highest BCUT2D eigenvalue weighted by Crippen LogP contribution is 2.21. The number of aliphatic hydroxyl groups is 1. The van der Waals surface area contributed by atoms with Crippen LogP contribution in [0, 0.1) is 0 Å². The van der Waals surface area contributed by atoms with Crippen molar-refractivity contribution in [1.29, 1.82) is 0 Å². The summed E-state index contributed by atoms with van der Waals surface area (Å²) in [7, 11) is -0.353. The molecule has 0 aliphatic rings. The number of ether oxygens (including phenoxy) is 1. The van der Waals surface area contributed by atoms with Gasteiger partial charge in [-0.05, 0) is 85.6 Å². The molecule has 11 heteroatoms. The number of unbranched alkanes of at least 4 members (excludes halogenated alkanes) is 3. The van der Waals surface area contributed by atoms with E-state index in [0.717, 1.165) is 31.2 Å². The van der Waals surface area contributed by atoms with Crippen LogP contribution in [-0.2, 0) is 16.4 Å². The summed E-state index contributed by atoms with van der Waals surface area (Å²) < 4.78 is 34.0. The lowest BCUT2D eigenvalue weighted by Gasteiger charge is -2.25. The Kier molecular flexibility index (Phi) is 13.1. The maximum atomic E-state index is 13.0. The van der Waals surface area contributed by atoms with Gasteiger partial charge in [-0.25, -0.2) is 13.2 Å². The number of amides is 2. The second kappa shape index (κ2) is 16.7. The predicted octanol–water partition coefficient (Wildman–Crippen LogP) is 4.83. The fraction of sp³-hybridized carbons (Fsp3) is 0.406. The van der Waals surface area contributed by atoms with Gasteiger partial charge in [0.15, 0.2) is 0 Å². The van der Waals surface area contributed by atoms with Crippen molar-refractivity contribution in [2.24, 2.45) is 0 Å². The molecule has 0 aliphatic carbocycles. The number of hydrogen-bond acceptors (Lipinski definition) is 7. The Hall–Kier alpha value is -3.80. The minimum absolute atomic E-state index is 0.103. The van der Waals surface area contributed by atoms with Crippen LogP contribution in [0.15, 0.2) is 77.7 Å². The van der Waals surface area contributed by atoms with Crippen LogP contribution in [0.25, 0.3) is 0 Å². The molecule has 1 atom stereocenters. The normalized spacial score (nSPS) is 12.0. The molecule has 2 amide bonds. The van der Waals surface area contributed by atoms with Crippen LogP contribution in [0.3, 0.4) is 0 Å². The molecule has 3 aromatic carbocycles. The third kappa shape index (κ3) is 11.1. The number of phenolic OH excluding ortho intramolecular Hbond substituents is 1. The van der Waals surface area contributed by atoms with Crippen LogP contribution in [0.1, 0.15) is 38.2 Å². The molecule has 10 nitrogen and oxygen atoms in total. The Morgan fingerprint density at radius 3 is 2.26 bits per heavy atom. The maximum Gasteiger partial charge on any atom is 0.323 e. The minimum atomic E-state index is -3.81. The maximum absolute atomic E-state index is 13.0. The zero-order chi connectivity index (χ0) is 31.2. The number of sulfonamides is 1. The molecule has 43 heavy (non-hydrogen) atoms. The quantitative estimate of drug-likeness (QED) is 0.161. The fourth-order valence-corrected chi connectivity index (χ4v) is 5.39. The lowest BCUT2D eigenvalue weighted by atomic mass is 10.1. The zero-order valence-corrected chi connectivity index (χ0v) is 26.0. The second-order valence-corrected chi connectivity index (χ2v) is 12.2. The number of nitrogens with one attached hydrogen (secondary N) is 2. The van der Waals surface area contributed by atoms with Gasteiger partial charge in [-0.2, -0.15) is 0 Å².